The maximum Gasteiger partial charge on any atom is 0.160 e. The third-order valence-corrected chi connectivity index (χ3v) is 5.60. The molecule has 1 aliphatic rings. The summed E-state index contributed by atoms with van der Waals surface area (Å²) < 4.78 is 55.1. The van der Waals surface area contributed by atoms with Gasteiger partial charge in [-0.15, -0.1) is 0 Å². The van der Waals surface area contributed by atoms with E-state index in [0.29, 0.717) is 5.56 Å². The summed E-state index contributed by atoms with van der Waals surface area (Å²) in [6, 6.07) is 5.85. The molecule has 0 aromatic heterocycles. The van der Waals surface area contributed by atoms with Gasteiger partial charge in [-0.25, -0.2) is 17.6 Å². The van der Waals surface area contributed by atoms with E-state index in [-0.39, 0.29) is 17.0 Å². The van der Waals surface area contributed by atoms with Gasteiger partial charge in [0.05, 0.1) is 5.56 Å². The Morgan fingerprint density at radius 3 is 2.11 bits per heavy atom. The molecule has 148 valence electrons. The van der Waals surface area contributed by atoms with Crippen LogP contribution in [0.25, 0.3) is 0 Å². The van der Waals surface area contributed by atoms with Gasteiger partial charge in [0.25, 0.3) is 0 Å². The van der Waals surface area contributed by atoms with Gasteiger partial charge in [-0.05, 0) is 73.4 Å². The Morgan fingerprint density at radius 2 is 1.50 bits per heavy atom. The molecular formula is C24H24F4. The van der Waals surface area contributed by atoms with Gasteiger partial charge >= 0.3 is 0 Å². The van der Waals surface area contributed by atoms with Crippen LogP contribution < -0.4 is 0 Å². The van der Waals surface area contributed by atoms with Crippen molar-refractivity contribution >= 4 is 0 Å². The summed E-state index contributed by atoms with van der Waals surface area (Å²) in [7, 11) is 0. The number of unbranched alkanes of at least 4 members (excludes halogenated alkanes) is 1. The second-order valence-corrected chi connectivity index (χ2v) is 7.60. The largest absolute Gasteiger partial charge is 0.206 e. The van der Waals surface area contributed by atoms with E-state index in [1.807, 2.05) is 0 Å². The molecule has 1 aliphatic carbocycles. The van der Waals surface area contributed by atoms with Crippen LogP contribution in [0.5, 0.6) is 0 Å². The molecule has 2 aromatic rings. The molecule has 2 aromatic carbocycles. The highest BCUT2D eigenvalue weighted by atomic mass is 19.2. The van der Waals surface area contributed by atoms with Gasteiger partial charge in [0.15, 0.2) is 11.6 Å². The highest BCUT2D eigenvalue weighted by molar-refractivity contribution is 5.45. The van der Waals surface area contributed by atoms with Crippen LogP contribution in [-0.2, 0) is 0 Å². The smallest absolute Gasteiger partial charge is 0.160 e. The Balaban J connectivity index is 1.73. The normalized spacial score (nSPS) is 19.2. The van der Waals surface area contributed by atoms with Crippen molar-refractivity contribution in [3.05, 3.63) is 70.3 Å². The summed E-state index contributed by atoms with van der Waals surface area (Å²) in [5, 5.41) is 0. The average Bonchev–Trinajstić information content (AvgIpc) is 2.68. The van der Waals surface area contributed by atoms with Crippen molar-refractivity contribution in [1.82, 2.24) is 0 Å². The van der Waals surface area contributed by atoms with Crippen LogP contribution in [0, 0.1) is 41.0 Å². The summed E-state index contributed by atoms with van der Waals surface area (Å²) in [5.74, 6) is 2.37. The van der Waals surface area contributed by atoms with Crippen molar-refractivity contribution in [2.75, 3.05) is 0 Å². The van der Waals surface area contributed by atoms with Crippen LogP contribution in [0.3, 0.4) is 0 Å². The lowest BCUT2D eigenvalue weighted by atomic mass is 9.77. The highest BCUT2D eigenvalue weighted by Crippen LogP contribution is 2.38. The first-order valence-corrected chi connectivity index (χ1v) is 9.94. The fourth-order valence-electron chi connectivity index (χ4n) is 3.93. The summed E-state index contributed by atoms with van der Waals surface area (Å²) >= 11 is 0. The monoisotopic (exact) mass is 388 g/mol. The number of hydrogen-bond donors (Lipinski definition) is 0. The molecule has 0 aliphatic heterocycles. The lowest BCUT2D eigenvalue weighted by Crippen LogP contribution is -2.14. The van der Waals surface area contributed by atoms with Gasteiger partial charge in [-0.2, -0.15) is 0 Å². The quantitative estimate of drug-likeness (QED) is 0.387. The second-order valence-electron chi connectivity index (χ2n) is 7.60. The number of rotatable bonds is 4. The summed E-state index contributed by atoms with van der Waals surface area (Å²) in [4.78, 5) is 0. The van der Waals surface area contributed by atoms with Crippen molar-refractivity contribution in [1.29, 1.82) is 0 Å². The van der Waals surface area contributed by atoms with E-state index in [1.54, 1.807) is 0 Å². The van der Waals surface area contributed by atoms with Crippen LogP contribution in [0.15, 0.2) is 30.3 Å². The molecule has 0 bridgehead atoms. The molecule has 0 radical (unpaired) electrons. The Kier molecular flexibility index (Phi) is 6.78. The van der Waals surface area contributed by atoms with Crippen molar-refractivity contribution < 1.29 is 17.6 Å². The predicted molar refractivity (Wildman–Crippen MR) is 103 cm³/mol. The molecule has 0 N–H and O–H groups in total. The number of benzene rings is 2. The molecule has 0 atom stereocenters. The minimum atomic E-state index is -1.04. The van der Waals surface area contributed by atoms with Gasteiger partial charge in [0, 0.05) is 5.56 Å². The van der Waals surface area contributed by atoms with Crippen LogP contribution >= 0.6 is 0 Å². The van der Waals surface area contributed by atoms with Gasteiger partial charge in [-0.1, -0.05) is 38.0 Å². The zero-order valence-electron chi connectivity index (χ0n) is 16.0. The minimum absolute atomic E-state index is 0.159. The molecule has 4 heteroatoms. The molecule has 0 saturated heterocycles. The molecule has 1 saturated carbocycles. The first-order valence-electron chi connectivity index (χ1n) is 9.94. The number of hydrogen-bond acceptors (Lipinski definition) is 0. The Hall–Kier alpha value is -2.28. The van der Waals surface area contributed by atoms with E-state index in [9.17, 15) is 17.6 Å². The first-order chi connectivity index (χ1) is 13.5. The van der Waals surface area contributed by atoms with Gasteiger partial charge in [0.1, 0.15) is 11.6 Å². The van der Waals surface area contributed by atoms with Crippen molar-refractivity contribution in [3.8, 4) is 11.8 Å². The third kappa shape index (κ3) is 4.95. The van der Waals surface area contributed by atoms with Crippen LogP contribution in [-0.4, -0.2) is 0 Å². The highest BCUT2D eigenvalue weighted by Gasteiger charge is 2.23. The van der Waals surface area contributed by atoms with Crippen molar-refractivity contribution in [2.24, 2.45) is 5.92 Å². The zero-order valence-corrected chi connectivity index (χ0v) is 16.0. The molecule has 3 rings (SSSR count). The van der Waals surface area contributed by atoms with E-state index in [1.165, 1.54) is 37.5 Å². The summed E-state index contributed by atoms with van der Waals surface area (Å²) in [6.07, 6.45) is 7.79. The van der Waals surface area contributed by atoms with Crippen LogP contribution in [0.4, 0.5) is 17.6 Å². The Morgan fingerprint density at radius 1 is 0.821 bits per heavy atom. The molecule has 0 nitrogen and oxygen atoms in total. The predicted octanol–water partition coefficient (Wildman–Crippen LogP) is 7.11. The number of halogens is 4. The van der Waals surface area contributed by atoms with Crippen LogP contribution in [0.2, 0.25) is 0 Å². The maximum absolute atomic E-state index is 14.5. The Labute approximate surface area is 164 Å². The van der Waals surface area contributed by atoms with E-state index in [0.717, 1.165) is 43.7 Å². The first kappa shape index (κ1) is 20.5. The Bertz CT molecular complexity index is 860. The maximum atomic E-state index is 14.5. The van der Waals surface area contributed by atoms with E-state index in [2.05, 4.69) is 18.8 Å². The topological polar surface area (TPSA) is 0 Å². The minimum Gasteiger partial charge on any atom is -0.206 e. The van der Waals surface area contributed by atoms with Gasteiger partial charge < -0.3 is 0 Å². The molecule has 0 unspecified atom stereocenters. The lowest BCUT2D eigenvalue weighted by Gasteiger charge is -2.29. The fraction of sp³-hybridized carbons (Fsp3) is 0.417. The molecule has 0 amide bonds. The van der Waals surface area contributed by atoms with E-state index >= 15 is 0 Å². The second kappa shape index (κ2) is 9.28. The van der Waals surface area contributed by atoms with E-state index in [4.69, 9.17) is 0 Å². The van der Waals surface area contributed by atoms with Gasteiger partial charge in [-0.3, -0.25) is 0 Å². The third-order valence-electron chi connectivity index (χ3n) is 5.60. The SMILES string of the molecule is CCCCC1CCC(c2cc(F)c(C#Cc3ccc(F)c(F)c3)c(F)c2)CC1. The lowest BCUT2D eigenvalue weighted by molar-refractivity contribution is 0.303. The van der Waals surface area contributed by atoms with Gasteiger partial charge in [0.2, 0.25) is 0 Å². The average molecular weight is 388 g/mol. The standard InChI is InChI=1S/C24H24F4/c1-2-3-4-16-5-9-18(10-6-16)19-14-22(26)20(23(27)15-19)11-7-17-8-12-21(25)24(28)13-17/h8,12-16,18H,2-6,9-10H2,1H3. The molecule has 0 spiro atoms. The van der Waals surface area contributed by atoms with Crippen molar-refractivity contribution in [3.63, 3.8) is 0 Å². The zero-order chi connectivity index (χ0) is 20.1. The summed E-state index contributed by atoms with van der Waals surface area (Å²) in [5.41, 5.74) is 0.500. The van der Waals surface area contributed by atoms with Crippen molar-refractivity contribution in [2.45, 2.75) is 57.8 Å². The van der Waals surface area contributed by atoms with E-state index < -0.39 is 23.3 Å². The summed E-state index contributed by atoms with van der Waals surface area (Å²) in [6.45, 7) is 2.19. The molecule has 28 heavy (non-hydrogen) atoms. The fourth-order valence-corrected chi connectivity index (χ4v) is 3.93. The molecule has 0 heterocycles. The van der Waals surface area contributed by atoms with Crippen LogP contribution in [0.1, 0.15) is 74.5 Å². The molecule has 1 fully saturated rings. The molecular weight excluding hydrogens is 364 g/mol.